The van der Waals surface area contributed by atoms with Crippen molar-refractivity contribution in [2.45, 2.75) is 83.7 Å². The maximum absolute atomic E-state index is 10.8. The van der Waals surface area contributed by atoms with Gasteiger partial charge in [0.15, 0.2) is 5.79 Å². The highest BCUT2D eigenvalue weighted by atomic mass is 16.7. The lowest BCUT2D eigenvalue weighted by Gasteiger charge is -2.24. The molecule has 1 heterocycles. The minimum absolute atomic E-state index is 0.314. The standard InChI is InChI=1S/C18H28O3/c1-5-7-9-11-13-18(19,14-12-10-8-6-2)16-15-20-17(3,4)21-16/h16,19H,5-10,15H2,1-4H3/t16-/m0/s1. The van der Waals surface area contributed by atoms with Gasteiger partial charge in [0.05, 0.1) is 6.61 Å². The summed E-state index contributed by atoms with van der Waals surface area (Å²) in [5, 5.41) is 10.8. The van der Waals surface area contributed by atoms with Gasteiger partial charge in [0.2, 0.25) is 5.60 Å². The molecular weight excluding hydrogens is 264 g/mol. The summed E-state index contributed by atoms with van der Waals surface area (Å²) in [6.45, 7) is 8.23. The first kappa shape index (κ1) is 18.1. The predicted octanol–water partition coefficient (Wildman–Crippen LogP) is 3.26. The molecule has 1 atom stereocenters. The van der Waals surface area contributed by atoms with E-state index in [-0.39, 0.29) is 0 Å². The predicted molar refractivity (Wildman–Crippen MR) is 84.5 cm³/mol. The summed E-state index contributed by atoms with van der Waals surface area (Å²) in [6, 6.07) is 0. The molecule has 3 heteroatoms. The van der Waals surface area contributed by atoms with Crippen LogP contribution < -0.4 is 0 Å². The van der Waals surface area contributed by atoms with Gasteiger partial charge in [0.25, 0.3) is 0 Å². The highest BCUT2D eigenvalue weighted by molar-refractivity contribution is 5.32. The first-order valence-corrected chi connectivity index (χ1v) is 7.97. The quantitative estimate of drug-likeness (QED) is 0.624. The number of hydrogen-bond acceptors (Lipinski definition) is 3. The van der Waals surface area contributed by atoms with Crippen LogP contribution in [0.2, 0.25) is 0 Å². The van der Waals surface area contributed by atoms with Crippen LogP contribution in [-0.4, -0.2) is 29.2 Å². The molecule has 118 valence electrons. The highest BCUT2D eigenvalue weighted by Gasteiger charge is 2.44. The van der Waals surface area contributed by atoms with Crippen LogP contribution in [0.5, 0.6) is 0 Å². The molecule has 21 heavy (non-hydrogen) atoms. The Morgan fingerprint density at radius 2 is 1.62 bits per heavy atom. The van der Waals surface area contributed by atoms with Crippen LogP contribution in [0.15, 0.2) is 0 Å². The number of ether oxygens (including phenoxy) is 2. The van der Waals surface area contributed by atoms with Crippen LogP contribution in [0.25, 0.3) is 0 Å². The molecule has 1 N–H and O–H groups in total. The van der Waals surface area contributed by atoms with Gasteiger partial charge in [-0.15, -0.1) is 0 Å². The summed E-state index contributed by atoms with van der Waals surface area (Å²) in [6.07, 6.45) is 5.26. The Hall–Kier alpha value is -1.00. The van der Waals surface area contributed by atoms with Crippen molar-refractivity contribution in [2.75, 3.05) is 6.61 Å². The topological polar surface area (TPSA) is 38.7 Å². The third-order valence-electron chi connectivity index (χ3n) is 3.34. The van der Waals surface area contributed by atoms with E-state index in [1.807, 2.05) is 13.8 Å². The van der Waals surface area contributed by atoms with E-state index in [1.165, 1.54) is 0 Å². The number of unbranched alkanes of at least 4 members (excludes halogenated alkanes) is 4. The summed E-state index contributed by atoms with van der Waals surface area (Å²) in [5.74, 6) is 11.2. The second kappa shape index (κ2) is 8.44. The van der Waals surface area contributed by atoms with Crippen molar-refractivity contribution in [3.63, 3.8) is 0 Å². The lowest BCUT2D eigenvalue weighted by Crippen LogP contribution is -2.42. The van der Waals surface area contributed by atoms with E-state index in [9.17, 15) is 5.11 Å². The zero-order chi connectivity index (χ0) is 15.8. The maximum Gasteiger partial charge on any atom is 0.216 e. The summed E-state index contributed by atoms with van der Waals surface area (Å²) in [4.78, 5) is 0. The van der Waals surface area contributed by atoms with Gasteiger partial charge in [0.1, 0.15) is 6.10 Å². The van der Waals surface area contributed by atoms with E-state index in [4.69, 9.17) is 9.47 Å². The zero-order valence-corrected chi connectivity index (χ0v) is 13.8. The normalized spacial score (nSPS) is 20.3. The Kier molecular flexibility index (Phi) is 7.26. The molecule has 0 spiro atoms. The van der Waals surface area contributed by atoms with Crippen molar-refractivity contribution in [3.05, 3.63) is 0 Å². The first-order chi connectivity index (χ1) is 9.93. The van der Waals surface area contributed by atoms with Gasteiger partial charge < -0.3 is 14.6 Å². The molecule has 0 saturated carbocycles. The van der Waals surface area contributed by atoms with E-state index in [0.717, 1.165) is 38.5 Å². The highest BCUT2D eigenvalue weighted by Crippen LogP contribution is 2.28. The van der Waals surface area contributed by atoms with Crippen LogP contribution in [0.1, 0.15) is 66.2 Å². The molecule has 1 saturated heterocycles. The fourth-order valence-electron chi connectivity index (χ4n) is 2.01. The lowest BCUT2D eigenvalue weighted by molar-refractivity contribution is -0.153. The molecular formula is C18H28O3. The average molecular weight is 292 g/mol. The van der Waals surface area contributed by atoms with Gasteiger partial charge in [-0.3, -0.25) is 0 Å². The minimum Gasteiger partial charge on any atom is -0.365 e. The summed E-state index contributed by atoms with van der Waals surface area (Å²) < 4.78 is 11.3. The molecule has 0 aromatic rings. The Labute approximate surface area is 129 Å². The van der Waals surface area contributed by atoms with Gasteiger partial charge in [-0.25, -0.2) is 0 Å². The lowest BCUT2D eigenvalue weighted by atomic mass is 9.97. The van der Waals surface area contributed by atoms with Crippen LogP contribution >= 0.6 is 0 Å². The van der Waals surface area contributed by atoms with Gasteiger partial charge in [-0.05, 0) is 26.7 Å². The second-order valence-electron chi connectivity index (χ2n) is 5.89. The Balaban J connectivity index is 2.81. The van der Waals surface area contributed by atoms with Crippen molar-refractivity contribution in [1.82, 2.24) is 0 Å². The van der Waals surface area contributed by atoms with Crippen molar-refractivity contribution in [3.8, 4) is 23.7 Å². The molecule has 3 nitrogen and oxygen atoms in total. The van der Waals surface area contributed by atoms with Crippen LogP contribution in [-0.2, 0) is 9.47 Å². The van der Waals surface area contributed by atoms with Gasteiger partial charge >= 0.3 is 0 Å². The Morgan fingerprint density at radius 1 is 1.10 bits per heavy atom. The molecule has 0 aromatic heterocycles. The van der Waals surface area contributed by atoms with Gasteiger partial charge in [-0.2, -0.15) is 0 Å². The molecule has 1 rings (SSSR count). The minimum atomic E-state index is -1.44. The molecule has 1 aliphatic heterocycles. The van der Waals surface area contributed by atoms with Gasteiger partial charge in [0, 0.05) is 12.8 Å². The largest absolute Gasteiger partial charge is 0.365 e. The molecule has 1 aliphatic rings. The van der Waals surface area contributed by atoms with Crippen molar-refractivity contribution < 1.29 is 14.6 Å². The molecule has 0 aliphatic carbocycles. The zero-order valence-electron chi connectivity index (χ0n) is 13.8. The average Bonchev–Trinajstić information content (AvgIpc) is 2.81. The third-order valence-corrected chi connectivity index (χ3v) is 3.34. The third kappa shape index (κ3) is 6.10. The van der Waals surface area contributed by atoms with Crippen LogP contribution in [0.3, 0.4) is 0 Å². The van der Waals surface area contributed by atoms with E-state index in [0.29, 0.717) is 6.61 Å². The van der Waals surface area contributed by atoms with Crippen LogP contribution in [0.4, 0.5) is 0 Å². The van der Waals surface area contributed by atoms with E-state index >= 15 is 0 Å². The molecule has 1 fully saturated rings. The van der Waals surface area contributed by atoms with E-state index in [1.54, 1.807) is 0 Å². The van der Waals surface area contributed by atoms with Crippen molar-refractivity contribution in [1.29, 1.82) is 0 Å². The Bertz CT molecular complexity index is 405. The van der Waals surface area contributed by atoms with Crippen molar-refractivity contribution in [2.24, 2.45) is 0 Å². The monoisotopic (exact) mass is 292 g/mol. The summed E-state index contributed by atoms with van der Waals surface area (Å²) >= 11 is 0. The second-order valence-corrected chi connectivity index (χ2v) is 5.89. The molecule has 0 amide bonds. The summed E-state index contributed by atoms with van der Waals surface area (Å²) in [5.41, 5.74) is -1.44. The maximum atomic E-state index is 10.8. The smallest absolute Gasteiger partial charge is 0.216 e. The SMILES string of the molecule is CCCCC#CC(O)(C#CCCCC)[C@@H]1COC(C)(C)O1. The van der Waals surface area contributed by atoms with Gasteiger partial charge in [-0.1, -0.05) is 50.4 Å². The van der Waals surface area contributed by atoms with E-state index in [2.05, 4.69) is 37.5 Å². The molecule has 0 radical (unpaired) electrons. The number of hydrogen-bond donors (Lipinski definition) is 1. The molecule has 0 unspecified atom stereocenters. The molecule has 0 aromatic carbocycles. The van der Waals surface area contributed by atoms with E-state index < -0.39 is 17.5 Å². The van der Waals surface area contributed by atoms with Crippen LogP contribution in [0, 0.1) is 23.7 Å². The number of aliphatic hydroxyl groups is 1. The summed E-state index contributed by atoms with van der Waals surface area (Å²) in [7, 11) is 0. The Morgan fingerprint density at radius 3 is 2.00 bits per heavy atom. The fraction of sp³-hybridized carbons (Fsp3) is 0.778. The molecule has 0 bridgehead atoms. The fourth-order valence-corrected chi connectivity index (χ4v) is 2.01. The van der Waals surface area contributed by atoms with Crippen molar-refractivity contribution >= 4 is 0 Å². The number of rotatable bonds is 5. The first-order valence-electron chi connectivity index (χ1n) is 7.97.